The van der Waals surface area contributed by atoms with Gasteiger partial charge in [0.25, 0.3) is 5.69 Å². The number of hydrogen-bond donors (Lipinski definition) is 1. The zero-order chi connectivity index (χ0) is 13.3. The Kier molecular flexibility index (Phi) is 3.18. The molecule has 18 heavy (non-hydrogen) atoms. The summed E-state index contributed by atoms with van der Waals surface area (Å²) in [7, 11) is 0. The SMILES string of the molecule is Cc1ccc([N+](=O)[O-])c(N2CCC[C@H]2C(=O)O)c1. The molecule has 0 amide bonds. The summed E-state index contributed by atoms with van der Waals surface area (Å²) in [4.78, 5) is 23.3. The van der Waals surface area contributed by atoms with Crippen LogP contribution in [0.5, 0.6) is 0 Å². The fraction of sp³-hybridized carbons (Fsp3) is 0.417. The first kappa shape index (κ1) is 12.3. The molecular formula is C12H14N2O4. The monoisotopic (exact) mass is 250 g/mol. The number of nitrogens with zero attached hydrogens (tertiary/aromatic N) is 2. The third kappa shape index (κ3) is 2.13. The van der Waals surface area contributed by atoms with E-state index in [1.807, 2.05) is 6.92 Å². The van der Waals surface area contributed by atoms with Crippen molar-refractivity contribution in [1.82, 2.24) is 0 Å². The minimum Gasteiger partial charge on any atom is -0.480 e. The maximum atomic E-state index is 11.1. The van der Waals surface area contributed by atoms with Crippen molar-refractivity contribution in [3.05, 3.63) is 33.9 Å². The molecule has 1 N–H and O–H groups in total. The van der Waals surface area contributed by atoms with Gasteiger partial charge >= 0.3 is 5.97 Å². The van der Waals surface area contributed by atoms with Crippen LogP contribution in [-0.2, 0) is 4.79 Å². The van der Waals surface area contributed by atoms with Gasteiger partial charge in [-0.25, -0.2) is 4.79 Å². The summed E-state index contributed by atoms with van der Waals surface area (Å²) in [5, 5.41) is 20.1. The Balaban J connectivity index is 2.46. The van der Waals surface area contributed by atoms with E-state index in [0.717, 1.165) is 12.0 Å². The van der Waals surface area contributed by atoms with Crippen LogP contribution < -0.4 is 4.90 Å². The highest BCUT2D eigenvalue weighted by molar-refractivity contribution is 5.81. The van der Waals surface area contributed by atoms with Crippen LogP contribution in [0.25, 0.3) is 0 Å². The Morgan fingerprint density at radius 3 is 2.89 bits per heavy atom. The Morgan fingerprint density at radius 1 is 1.56 bits per heavy atom. The number of carbonyl (C=O) groups is 1. The summed E-state index contributed by atoms with van der Waals surface area (Å²) in [6.45, 7) is 2.38. The van der Waals surface area contributed by atoms with E-state index in [2.05, 4.69) is 0 Å². The molecule has 0 spiro atoms. The number of hydrogen-bond acceptors (Lipinski definition) is 4. The first-order valence-electron chi connectivity index (χ1n) is 5.75. The minimum absolute atomic E-state index is 0.0336. The normalized spacial score (nSPS) is 18.9. The molecule has 1 aliphatic rings. The van der Waals surface area contributed by atoms with Gasteiger partial charge in [0.2, 0.25) is 0 Å². The van der Waals surface area contributed by atoms with Gasteiger partial charge in [-0.05, 0) is 31.4 Å². The van der Waals surface area contributed by atoms with Gasteiger partial charge in [-0.1, -0.05) is 6.07 Å². The molecule has 1 fully saturated rings. The predicted molar refractivity (Wildman–Crippen MR) is 65.8 cm³/mol. The summed E-state index contributed by atoms with van der Waals surface area (Å²) < 4.78 is 0. The Hall–Kier alpha value is -2.11. The highest BCUT2D eigenvalue weighted by Crippen LogP contribution is 2.34. The summed E-state index contributed by atoms with van der Waals surface area (Å²) in [6.07, 6.45) is 1.27. The molecule has 6 heteroatoms. The molecule has 0 aliphatic carbocycles. The number of benzene rings is 1. The summed E-state index contributed by atoms with van der Waals surface area (Å²) >= 11 is 0. The van der Waals surface area contributed by atoms with E-state index in [0.29, 0.717) is 18.7 Å². The number of nitro benzene ring substituents is 1. The molecule has 1 aromatic rings. The first-order chi connectivity index (χ1) is 8.50. The van der Waals surface area contributed by atoms with Gasteiger partial charge in [-0.3, -0.25) is 10.1 Å². The fourth-order valence-electron chi connectivity index (χ4n) is 2.33. The molecule has 0 saturated carbocycles. The van der Waals surface area contributed by atoms with Crippen molar-refractivity contribution in [2.45, 2.75) is 25.8 Å². The molecule has 0 radical (unpaired) electrons. The van der Waals surface area contributed by atoms with Crippen LogP contribution in [0.1, 0.15) is 18.4 Å². The topological polar surface area (TPSA) is 83.7 Å². The summed E-state index contributed by atoms with van der Waals surface area (Å²) in [5.41, 5.74) is 1.25. The van der Waals surface area contributed by atoms with Crippen molar-refractivity contribution < 1.29 is 14.8 Å². The number of rotatable bonds is 3. The minimum atomic E-state index is -0.927. The average Bonchev–Trinajstić information content (AvgIpc) is 2.77. The molecule has 1 aromatic carbocycles. The maximum Gasteiger partial charge on any atom is 0.326 e. The number of carboxylic acid groups (broad SMARTS) is 1. The maximum absolute atomic E-state index is 11.1. The van der Waals surface area contributed by atoms with E-state index in [1.165, 1.54) is 6.07 Å². The van der Waals surface area contributed by atoms with Gasteiger partial charge in [0.1, 0.15) is 11.7 Å². The highest BCUT2D eigenvalue weighted by Gasteiger charge is 2.34. The Morgan fingerprint density at radius 2 is 2.28 bits per heavy atom. The molecule has 0 aromatic heterocycles. The molecule has 0 unspecified atom stereocenters. The van der Waals surface area contributed by atoms with Crippen LogP contribution in [0, 0.1) is 17.0 Å². The lowest BCUT2D eigenvalue weighted by molar-refractivity contribution is -0.384. The highest BCUT2D eigenvalue weighted by atomic mass is 16.6. The van der Waals surface area contributed by atoms with Crippen molar-refractivity contribution in [2.75, 3.05) is 11.4 Å². The second-order valence-corrected chi connectivity index (χ2v) is 4.44. The van der Waals surface area contributed by atoms with E-state index < -0.39 is 16.9 Å². The average molecular weight is 250 g/mol. The number of nitro groups is 1. The summed E-state index contributed by atoms with van der Waals surface area (Å²) in [5.74, 6) is -0.927. The van der Waals surface area contributed by atoms with Crippen molar-refractivity contribution >= 4 is 17.3 Å². The van der Waals surface area contributed by atoms with Gasteiger partial charge in [-0.2, -0.15) is 0 Å². The van der Waals surface area contributed by atoms with Crippen LogP contribution in [-0.4, -0.2) is 28.6 Å². The summed E-state index contributed by atoms with van der Waals surface area (Å²) in [6, 6.07) is 4.11. The number of anilines is 1. The third-order valence-corrected chi connectivity index (χ3v) is 3.17. The lowest BCUT2D eigenvalue weighted by Crippen LogP contribution is -2.36. The lowest BCUT2D eigenvalue weighted by atomic mass is 10.1. The zero-order valence-corrected chi connectivity index (χ0v) is 10.00. The van der Waals surface area contributed by atoms with Gasteiger partial charge < -0.3 is 10.0 Å². The van der Waals surface area contributed by atoms with Crippen molar-refractivity contribution in [3.63, 3.8) is 0 Å². The van der Waals surface area contributed by atoms with Crippen LogP contribution in [0.2, 0.25) is 0 Å². The standard InChI is InChI=1S/C12H14N2O4/c1-8-4-5-9(14(17)18)11(7-8)13-6-2-3-10(13)12(15)16/h4-5,7,10H,2-3,6H2,1H3,(H,15,16)/t10-/m0/s1. The molecule has 96 valence electrons. The van der Waals surface area contributed by atoms with Gasteiger partial charge in [-0.15, -0.1) is 0 Å². The molecule has 1 atom stereocenters. The molecule has 2 rings (SSSR count). The number of aliphatic carboxylic acids is 1. The smallest absolute Gasteiger partial charge is 0.326 e. The molecule has 6 nitrogen and oxygen atoms in total. The molecule has 1 aliphatic heterocycles. The van der Waals surface area contributed by atoms with Crippen LogP contribution >= 0.6 is 0 Å². The number of aryl methyl sites for hydroxylation is 1. The predicted octanol–water partition coefficient (Wildman–Crippen LogP) is 1.96. The van der Waals surface area contributed by atoms with Gasteiger partial charge in [0, 0.05) is 12.6 Å². The van der Waals surface area contributed by atoms with E-state index >= 15 is 0 Å². The largest absolute Gasteiger partial charge is 0.480 e. The molecular weight excluding hydrogens is 236 g/mol. The van der Waals surface area contributed by atoms with Crippen LogP contribution in [0.3, 0.4) is 0 Å². The zero-order valence-electron chi connectivity index (χ0n) is 10.00. The Labute approximate surface area is 104 Å². The quantitative estimate of drug-likeness (QED) is 0.654. The van der Waals surface area contributed by atoms with E-state index in [1.54, 1.807) is 17.0 Å². The van der Waals surface area contributed by atoms with Crippen molar-refractivity contribution in [2.24, 2.45) is 0 Å². The molecule has 0 bridgehead atoms. The van der Waals surface area contributed by atoms with E-state index in [9.17, 15) is 14.9 Å². The Bertz CT molecular complexity index is 501. The van der Waals surface area contributed by atoms with Crippen LogP contribution in [0.15, 0.2) is 18.2 Å². The first-order valence-corrected chi connectivity index (χ1v) is 5.75. The second-order valence-electron chi connectivity index (χ2n) is 4.44. The van der Waals surface area contributed by atoms with Crippen molar-refractivity contribution in [1.29, 1.82) is 0 Å². The van der Waals surface area contributed by atoms with E-state index in [-0.39, 0.29) is 5.69 Å². The second kappa shape index (κ2) is 4.64. The molecule has 1 saturated heterocycles. The van der Waals surface area contributed by atoms with Gasteiger partial charge in [0.15, 0.2) is 0 Å². The lowest BCUT2D eigenvalue weighted by Gasteiger charge is -2.23. The van der Waals surface area contributed by atoms with E-state index in [4.69, 9.17) is 5.11 Å². The number of carboxylic acids is 1. The van der Waals surface area contributed by atoms with Gasteiger partial charge in [0.05, 0.1) is 4.92 Å². The molecule has 1 heterocycles. The fourth-order valence-corrected chi connectivity index (χ4v) is 2.33. The van der Waals surface area contributed by atoms with Crippen LogP contribution in [0.4, 0.5) is 11.4 Å². The van der Waals surface area contributed by atoms with Crippen molar-refractivity contribution in [3.8, 4) is 0 Å². The third-order valence-electron chi connectivity index (χ3n) is 3.17.